The number of nitrogens with zero attached hydrogens (tertiary/aromatic N) is 2. The van der Waals surface area contributed by atoms with E-state index in [4.69, 9.17) is 0 Å². The van der Waals surface area contributed by atoms with Gasteiger partial charge >= 0.3 is 0 Å². The maximum Gasteiger partial charge on any atom is 0.220 e. The van der Waals surface area contributed by atoms with Gasteiger partial charge in [0.15, 0.2) is 0 Å². The first-order chi connectivity index (χ1) is 13.4. The fraction of sp³-hybridized carbons (Fsp3) is 0.909. The third kappa shape index (κ3) is 9.87. The number of hydrogen-bond donors (Lipinski definition) is 2. The molecule has 0 spiro atoms. The lowest BCUT2D eigenvalue weighted by molar-refractivity contribution is -0.922. The predicted molar refractivity (Wildman–Crippen MR) is 118 cm³/mol. The SMILES string of the molecule is CC[N+](CC)(CC)CCNC(=O)CCCCC(=O)NCC[N+](CC)(CC)CC. The number of carbonyl (C=O) groups excluding carboxylic acids is 2. The van der Waals surface area contributed by atoms with Gasteiger partial charge in [-0.15, -0.1) is 0 Å². The van der Waals surface area contributed by atoms with Crippen molar-refractivity contribution in [2.24, 2.45) is 0 Å². The van der Waals surface area contributed by atoms with Crippen molar-refractivity contribution in [1.82, 2.24) is 10.6 Å². The minimum Gasteiger partial charge on any atom is -0.350 e. The van der Waals surface area contributed by atoms with Crippen molar-refractivity contribution < 1.29 is 18.6 Å². The standard InChI is InChI=1S/C22H46N4O2/c1-7-25(8-2,9-3)19-17-23-21(27)15-13-14-16-22(28)24-18-20-26(10-4,11-5)12-6/h7-20H2,1-6H3/p+2. The molecular weight excluding hydrogens is 352 g/mol. The number of likely N-dealkylation sites (N-methyl/N-ethyl adjacent to an activating group) is 2. The Morgan fingerprint density at radius 2 is 0.857 bits per heavy atom. The van der Waals surface area contributed by atoms with E-state index in [1.165, 1.54) is 0 Å². The second-order valence-corrected chi connectivity index (χ2v) is 7.93. The number of unbranched alkanes of at least 4 members (excludes halogenated alkanes) is 1. The Morgan fingerprint density at radius 1 is 0.571 bits per heavy atom. The molecule has 0 aromatic carbocycles. The molecule has 0 aliphatic carbocycles. The summed E-state index contributed by atoms with van der Waals surface area (Å²) in [5, 5.41) is 6.08. The number of rotatable bonds is 17. The summed E-state index contributed by atoms with van der Waals surface area (Å²) in [6.45, 7) is 23.4. The molecule has 0 aliphatic heterocycles. The Kier molecular flexibility index (Phi) is 14.2. The highest BCUT2D eigenvalue weighted by atomic mass is 16.2. The monoisotopic (exact) mass is 400 g/mol. The number of nitrogens with one attached hydrogen (secondary N) is 2. The highest BCUT2D eigenvalue weighted by Gasteiger charge is 2.21. The highest BCUT2D eigenvalue weighted by molar-refractivity contribution is 5.77. The Balaban J connectivity index is 3.89. The number of quaternary nitrogens is 2. The lowest BCUT2D eigenvalue weighted by Gasteiger charge is -2.35. The Morgan fingerprint density at radius 3 is 1.11 bits per heavy atom. The zero-order chi connectivity index (χ0) is 21.5. The summed E-state index contributed by atoms with van der Waals surface area (Å²) in [5.41, 5.74) is 0. The topological polar surface area (TPSA) is 58.2 Å². The summed E-state index contributed by atoms with van der Waals surface area (Å²) in [4.78, 5) is 24.0. The van der Waals surface area contributed by atoms with Crippen molar-refractivity contribution in [3.63, 3.8) is 0 Å². The Hall–Kier alpha value is -1.14. The van der Waals surface area contributed by atoms with Crippen molar-refractivity contribution in [2.75, 3.05) is 65.4 Å². The van der Waals surface area contributed by atoms with Gasteiger partial charge in [-0.05, 0) is 54.4 Å². The fourth-order valence-electron chi connectivity index (χ4n) is 3.90. The van der Waals surface area contributed by atoms with Crippen LogP contribution in [0.5, 0.6) is 0 Å². The third-order valence-corrected chi connectivity index (χ3v) is 6.90. The van der Waals surface area contributed by atoms with Crippen LogP contribution in [0, 0.1) is 0 Å². The van der Waals surface area contributed by atoms with Crippen LogP contribution in [-0.2, 0) is 9.59 Å². The van der Waals surface area contributed by atoms with Crippen LogP contribution in [0.3, 0.4) is 0 Å². The Bertz CT molecular complexity index is 376. The molecule has 0 saturated carbocycles. The molecule has 166 valence electrons. The van der Waals surface area contributed by atoms with Crippen molar-refractivity contribution in [3.05, 3.63) is 0 Å². The third-order valence-electron chi connectivity index (χ3n) is 6.90. The molecule has 2 amide bonds. The molecule has 2 N–H and O–H groups in total. The van der Waals surface area contributed by atoms with Crippen molar-refractivity contribution in [3.8, 4) is 0 Å². The average molecular weight is 401 g/mol. The second kappa shape index (κ2) is 14.8. The molecule has 0 aromatic rings. The zero-order valence-corrected chi connectivity index (χ0v) is 19.6. The summed E-state index contributed by atoms with van der Waals surface area (Å²) >= 11 is 0. The largest absolute Gasteiger partial charge is 0.350 e. The van der Waals surface area contributed by atoms with E-state index < -0.39 is 0 Å². The molecule has 0 aliphatic rings. The molecule has 0 radical (unpaired) electrons. The number of amides is 2. The molecule has 0 atom stereocenters. The van der Waals surface area contributed by atoms with Crippen LogP contribution < -0.4 is 10.6 Å². The normalized spacial score (nSPS) is 12.1. The molecule has 28 heavy (non-hydrogen) atoms. The van der Waals surface area contributed by atoms with Crippen LogP contribution >= 0.6 is 0 Å². The van der Waals surface area contributed by atoms with Gasteiger partial charge in [-0.3, -0.25) is 9.59 Å². The molecule has 0 aromatic heterocycles. The van der Waals surface area contributed by atoms with Gasteiger partial charge in [-0.2, -0.15) is 0 Å². The first-order valence-corrected chi connectivity index (χ1v) is 11.6. The summed E-state index contributed by atoms with van der Waals surface area (Å²) in [5.74, 6) is 0.218. The van der Waals surface area contributed by atoms with Gasteiger partial charge in [0.05, 0.1) is 65.4 Å². The lowest BCUT2D eigenvalue weighted by atomic mass is 10.2. The van der Waals surface area contributed by atoms with Gasteiger partial charge in [-0.1, -0.05) is 0 Å². The van der Waals surface area contributed by atoms with Crippen molar-refractivity contribution in [1.29, 1.82) is 0 Å². The van der Waals surface area contributed by atoms with E-state index in [9.17, 15) is 9.59 Å². The first kappa shape index (κ1) is 26.9. The zero-order valence-electron chi connectivity index (χ0n) is 19.6. The van der Waals surface area contributed by atoms with Crippen molar-refractivity contribution >= 4 is 11.8 Å². The van der Waals surface area contributed by atoms with E-state index in [0.29, 0.717) is 12.8 Å². The van der Waals surface area contributed by atoms with Crippen molar-refractivity contribution in [2.45, 2.75) is 67.2 Å². The maximum atomic E-state index is 12.0. The van der Waals surface area contributed by atoms with Gasteiger partial charge in [0.2, 0.25) is 11.8 Å². The predicted octanol–water partition coefficient (Wildman–Crippen LogP) is 2.53. The highest BCUT2D eigenvalue weighted by Crippen LogP contribution is 2.06. The number of hydrogen-bond acceptors (Lipinski definition) is 2. The minimum atomic E-state index is 0.109. The van der Waals surface area contributed by atoms with E-state index in [2.05, 4.69) is 52.2 Å². The molecule has 0 saturated heterocycles. The van der Waals surface area contributed by atoms with E-state index >= 15 is 0 Å². The Labute approximate surface area is 174 Å². The molecule has 6 nitrogen and oxygen atoms in total. The second-order valence-electron chi connectivity index (χ2n) is 7.93. The summed E-state index contributed by atoms with van der Waals surface area (Å²) in [6.07, 6.45) is 2.57. The van der Waals surface area contributed by atoms with Crippen LogP contribution in [0.2, 0.25) is 0 Å². The fourth-order valence-corrected chi connectivity index (χ4v) is 3.90. The van der Waals surface area contributed by atoms with Gasteiger partial charge in [-0.25, -0.2) is 0 Å². The first-order valence-electron chi connectivity index (χ1n) is 11.6. The smallest absolute Gasteiger partial charge is 0.220 e. The van der Waals surface area contributed by atoms with Gasteiger partial charge in [0.25, 0.3) is 0 Å². The van der Waals surface area contributed by atoms with Crippen LogP contribution in [-0.4, -0.2) is 86.2 Å². The minimum absolute atomic E-state index is 0.109. The van der Waals surface area contributed by atoms with E-state index in [-0.39, 0.29) is 11.8 Å². The molecule has 0 rings (SSSR count). The molecule has 0 heterocycles. The van der Waals surface area contributed by atoms with E-state index in [1.54, 1.807) is 0 Å². The maximum absolute atomic E-state index is 12.0. The van der Waals surface area contributed by atoms with Gasteiger partial charge in [0, 0.05) is 12.8 Å². The van der Waals surface area contributed by atoms with Gasteiger partial charge < -0.3 is 19.6 Å². The van der Waals surface area contributed by atoms with Crippen LogP contribution in [0.1, 0.15) is 67.2 Å². The summed E-state index contributed by atoms with van der Waals surface area (Å²) in [6, 6.07) is 0. The molecule has 6 heteroatoms. The molecule has 0 bridgehead atoms. The molecular formula is C22H48N4O2+2. The van der Waals surface area contributed by atoms with E-state index in [1.807, 2.05) is 0 Å². The summed E-state index contributed by atoms with van der Waals surface area (Å²) < 4.78 is 2.10. The lowest BCUT2D eigenvalue weighted by Crippen LogP contribution is -2.51. The van der Waals surface area contributed by atoms with Gasteiger partial charge in [0.1, 0.15) is 0 Å². The summed E-state index contributed by atoms with van der Waals surface area (Å²) in [7, 11) is 0. The average Bonchev–Trinajstić information content (AvgIpc) is 2.72. The number of carbonyl (C=O) groups is 2. The van der Waals surface area contributed by atoms with Crippen LogP contribution in [0.15, 0.2) is 0 Å². The molecule has 0 unspecified atom stereocenters. The van der Waals surface area contributed by atoms with Crippen LogP contribution in [0.25, 0.3) is 0 Å². The molecule has 0 fully saturated rings. The quantitative estimate of drug-likeness (QED) is 0.291. The van der Waals surface area contributed by atoms with E-state index in [0.717, 1.165) is 87.3 Å². The van der Waals surface area contributed by atoms with Crippen LogP contribution in [0.4, 0.5) is 0 Å².